The van der Waals surface area contributed by atoms with E-state index in [0.717, 1.165) is 38.9 Å². The second kappa shape index (κ2) is 4.59. The molecule has 0 aromatic carbocycles. The van der Waals surface area contributed by atoms with Gasteiger partial charge in [-0.3, -0.25) is 0 Å². The second-order valence-corrected chi connectivity index (χ2v) is 3.73. The molecule has 0 bridgehead atoms. The summed E-state index contributed by atoms with van der Waals surface area (Å²) in [6, 6.07) is 2.24. The molecule has 2 unspecified atom stereocenters. The average Bonchev–Trinajstić information content (AvgIpc) is 2.50. The van der Waals surface area contributed by atoms with E-state index in [0.29, 0.717) is 5.92 Å². The predicted octanol–water partition coefficient (Wildman–Crippen LogP) is 1.43. The third-order valence-corrected chi connectivity index (χ3v) is 2.89. The molecule has 1 saturated carbocycles. The molecule has 1 aliphatic carbocycles. The van der Waals surface area contributed by atoms with Crippen molar-refractivity contribution in [2.45, 2.75) is 38.1 Å². The average molecular weight is 182 g/mol. The first-order chi connectivity index (χ1) is 6.23. The maximum absolute atomic E-state index is 8.94. The van der Waals surface area contributed by atoms with Crippen molar-refractivity contribution in [2.24, 2.45) is 11.7 Å². The van der Waals surface area contributed by atoms with Gasteiger partial charge in [0.05, 0.1) is 6.07 Å². The molecule has 0 aromatic rings. The molecule has 74 valence electrons. The summed E-state index contributed by atoms with van der Waals surface area (Å²) in [4.78, 5) is 0. The van der Waals surface area contributed by atoms with E-state index in [2.05, 4.69) is 6.07 Å². The van der Waals surface area contributed by atoms with Crippen LogP contribution in [0.4, 0.5) is 0 Å². The molecule has 0 aliphatic heterocycles. The minimum atomic E-state index is -0.572. The molecular formula is C10H18N2O. The van der Waals surface area contributed by atoms with Crippen LogP contribution in [0.25, 0.3) is 0 Å². The summed E-state index contributed by atoms with van der Waals surface area (Å²) in [6.07, 6.45) is 3.94. The summed E-state index contributed by atoms with van der Waals surface area (Å²) in [5.41, 5.74) is 5.40. The van der Waals surface area contributed by atoms with Gasteiger partial charge in [-0.2, -0.15) is 5.26 Å². The van der Waals surface area contributed by atoms with Crippen molar-refractivity contribution in [1.29, 1.82) is 5.26 Å². The lowest BCUT2D eigenvalue weighted by molar-refractivity contribution is 0.126. The maximum Gasteiger partial charge on any atom is 0.107 e. The van der Waals surface area contributed by atoms with E-state index in [9.17, 15) is 0 Å². The van der Waals surface area contributed by atoms with E-state index in [1.54, 1.807) is 0 Å². The van der Waals surface area contributed by atoms with Gasteiger partial charge in [0.2, 0.25) is 0 Å². The summed E-state index contributed by atoms with van der Waals surface area (Å²) in [5.74, 6) is 0.337. The molecule has 0 spiro atoms. The van der Waals surface area contributed by atoms with Crippen LogP contribution in [-0.4, -0.2) is 18.8 Å². The highest BCUT2D eigenvalue weighted by Crippen LogP contribution is 2.35. The standard InChI is InChI=1S/C10H18N2O/c1-2-13-7-5-9-4-3-6-10(9,12)8-11/h9H,2-7,12H2,1H3. The van der Waals surface area contributed by atoms with Crippen LogP contribution in [0.2, 0.25) is 0 Å². The van der Waals surface area contributed by atoms with Gasteiger partial charge >= 0.3 is 0 Å². The van der Waals surface area contributed by atoms with E-state index in [1.165, 1.54) is 0 Å². The number of hydrogen-bond acceptors (Lipinski definition) is 3. The second-order valence-electron chi connectivity index (χ2n) is 3.73. The minimum absolute atomic E-state index is 0.337. The molecule has 3 nitrogen and oxygen atoms in total. The predicted molar refractivity (Wildman–Crippen MR) is 51.0 cm³/mol. The van der Waals surface area contributed by atoms with Crippen LogP contribution >= 0.6 is 0 Å². The Morgan fingerprint density at radius 1 is 1.69 bits per heavy atom. The summed E-state index contributed by atoms with van der Waals surface area (Å²) in [5, 5.41) is 8.94. The Kier molecular flexibility index (Phi) is 3.71. The van der Waals surface area contributed by atoms with Crippen LogP contribution in [0.1, 0.15) is 32.6 Å². The van der Waals surface area contributed by atoms with Crippen molar-refractivity contribution < 1.29 is 4.74 Å². The fourth-order valence-electron chi connectivity index (χ4n) is 2.02. The quantitative estimate of drug-likeness (QED) is 0.669. The highest BCUT2D eigenvalue weighted by atomic mass is 16.5. The monoisotopic (exact) mass is 182 g/mol. The number of ether oxygens (including phenoxy) is 1. The Morgan fingerprint density at radius 3 is 3.08 bits per heavy atom. The van der Waals surface area contributed by atoms with Gasteiger partial charge in [0, 0.05) is 13.2 Å². The molecule has 0 aromatic heterocycles. The van der Waals surface area contributed by atoms with Crippen molar-refractivity contribution in [3.05, 3.63) is 0 Å². The molecule has 2 N–H and O–H groups in total. The molecule has 0 amide bonds. The maximum atomic E-state index is 8.94. The fourth-order valence-corrected chi connectivity index (χ4v) is 2.02. The molecule has 0 saturated heterocycles. The first kappa shape index (κ1) is 10.5. The number of rotatable bonds is 4. The lowest BCUT2D eigenvalue weighted by atomic mass is 9.87. The van der Waals surface area contributed by atoms with E-state index >= 15 is 0 Å². The molecule has 0 radical (unpaired) electrons. The summed E-state index contributed by atoms with van der Waals surface area (Å²) in [6.45, 7) is 3.47. The van der Waals surface area contributed by atoms with Crippen molar-refractivity contribution in [3.63, 3.8) is 0 Å². The molecule has 1 rings (SSSR count). The van der Waals surface area contributed by atoms with E-state index in [4.69, 9.17) is 15.7 Å². The highest BCUT2D eigenvalue weighted by Gasteiger charge is 2.39. The van der Waals surface area contributed by atoms with Gasteiger partial charge in [-0.25, -0.2) is 0 Å². The van der Waals surface area contributed by atoms with Crippen molar-refractivity contribution in [2.75, 3.05) is 13.2 Å². The summed E-state index contributed by atoms with van der Waals surface area (Å²) in [7, 11) is 0. The van der Waals surface area contributed by atoms with E-state index in [1.807, 2.05) is 6.92 Å². The molecule has 0 heterocycles. The lowest BCUT2D eigenvalue weighted by Crippen LogP contribution is -2.42. The van der Waals surface area contributed by atoms with Crippen LogP contribution < -0.4 is 5.73 Å². The normalized spacial score (nSPS) is 33.2. The molecule has 2 atom stereocenters. The number of nitriles is 1. The number of nitrogens with two attached hydrogens (primary N) is 1. The molecular weight excluding hydrogens is 164 g/mol. The first-order valence-electron chi connectivity index (χ1n) is 5.01. The molecule has 3 heteroatoms. The van der Waals surface area contributed by atoms with Crippen LogP contribution in [0.3, 0.4) is 0 Å². The zero-order chi connectivity index (χ0) is 9.73. The summed E-state index contributed by atoms with van der Waals surface area (Å²) >= 11 is 0. The Morgan fingerprint density at radius 2 is 2.46 bits per heavy atom. The van der Waals surface area contributed by atoms with Gasteiger partial charge in [0.15, 0.2) is 0 Å². The van der Waals surface area contributed by atoms with Gasteiger partial charge < -0.3 is 10.5 Å². The molecule has 13 heavy (non-hydrogen) atoms. The largest absolute Gasteiger partial charge is 0.382 e. The summed E-state index contributed by atoms with van der Waals surface area (Å²) < 4.78 is 5.27. The van der Waals surface area contributed by atoms with E-state index < -0.39 is 5.54 Å². The smallest absolute Gasteiger partial charge is 0.107 e. The van der Waals surface area contributed by atoms with Crippen molar-refractivity contribution in [1.82, 2.24) is 0 Å². The topological polar surface area (TPSA) is 59.0 Å². The van der Waals surface area contributed by atoms with Gasteiger partial charge in [0.25, 0.3) is 0 Å². The Bertz CT molecular complexity index is 200. The van der Waals surface area contributed by atoms with E-state index in [-0.39, 0.29) is 0 Å². The Hall–Kier alpha value is -0.590. The zero-order valence-corrected chi connectivity index (χ0v) is 8.25. The van der Waals surface area contributed by atoms with Crippen LogP contribution in [-0.2, 0) is 4.74 Å². The Labute approximate surface area is 79.9 Å². The van der Waals surface area contributed by atoms with Crippen molar-refractivity contribution >= 4 is 0 Å². The molecule has 1 fully saturated rings. The van der Waals surface area contributed by atoms with Gasteiger partial charge in [-0.15, -0.1) is 0 Å². The fraction of sp³-hybridized carbons (Fsp3) is 0.900. The SMILES string of the molecule is CCOCCC1CCCC1(N)C#N. The van der Waals surface area contributed by atoms with Gasteiger partial charge in [-0.05, 0) is 32.1 Å². The highest BCUT2D eigenvalue weighted by molar-refractivity contribution is 5.11. The van der Waals surface area contributed by atoms with Crippen LogP contribution in [0.5, 0.6) is 0 Å². The third-order valence-electron chi connectivity index (χ3n) is 2.89. The Balaban J connectivity index is 2.37. The van der Waals surface area contributed by atoms with Gasteiger partial charge in [-0.1, -0.05) is 6.42 Å². The molecule has 1 aliphatic rings. The van der Waals surface area contributed by atoms with Crippen LogP contribution in [0.15, 0.2) is 0 Å². The zero-order valence-electron chi connectivity index (χ0n) is 8.25. The van der Waals surface area contributed by atoms with Gasteiger partial charge in [0.1, 0.15) is 5.54 Å². The first-order valence-corrected chi connectivity index (χ1v) is 5.01. The number of nitrogens with zero attached hydrogens (tertiary/aromatic N) is 1. The van der Waals surface area contributed by atoms with Crippen LogP contribution in [0, 0.1) is 17.2 Å². The number of hydrogen-bond donors (Lipinski definition) is 1. The lowest BCUT2D eigenvalue weighted by Gasteiger charge is -2.23. The van der Waals surface area contributed by atoms with Crippen molar-refractivity contribution in [3.8, 4) is 6.07 Å². The third kappa shape index (κ3) is 2.43. The minimum Gasteiger partial charge on any atom is -0.382 e.